The quantitative estimate of drug-likeness (QED) is 0.574. The van der Waals surface area contributed by atoms with E-state index in [1.807, 2.05) is 37.3 Å². The zero-order valence-corrected chi connectivity index (χ0v) is 13.6. The summed E-state index contributed by atoms with van der Waals surface area (Å²) in [5.41, 5.74) is 6.20. The molecule has 2 aromatic rings. The summed E-state index contributed by atoms with van der Waals surface area (Å²) in [6.07, 6.45) is 0. The first-order valence-electron chi connectivity index (χ1n) is 6.23. The number of hydrazine groups is 1. The molecule has 5 nitrogen and oxygen atoms in total. The number of furan rings is 1. The molecule has 7 heteroatoms. The maximum absolute atomic E-state index is 11.7. The number of halogens is 1. The molecule has 0 saturated carbocycles. The van der Waals surface area contributed by atoms with Crippen molar-refractivity contribution < 1.29 is 9.21 Å². The smallest absolute Gasteiger partial charge is 0.305 e. The Morgan fingerprint density at radius 1 is 1.19 bits per heavy atom. The number of carbonyl (C=O) groups is 1. The lowest BCUT2D eigenvalue weighted by atomic mass is 10.1. The van der Waals surface area contributed by atoms with Gasteiger partial charge in [0.1, 0.15) is 0 Å². The van der Waals surface area contributed by atoms with Gasteiger partial charge in [0.25, 0.3) is 0 Å². The molecule has 0 unspecified atom stereocenters. The number of amides is 1. The topological polar surface area (TPSA) is 66.3 Å². The SMILES string of the molecule is C[C@H](NC(=S)NNC(=O)c1ccc(Br)o1)c1ccccc1. The fraction of sp³-hybridized carbons (Fsp3) is 0.143. The van der Waals surface area contributed by atoms with Gasteiger partial charge in [-0.1, -0.05) is 30.3 Å². The van der Waals surface area contributed by atoms with Crippen LogP contribution in [0.15, 0.2) is 51.6 Å². The number of hydrogen-bond donors (Lipinski definition) is 3. The minimum atomic E-state index is -0.405. The molecule has 1 heterocycles. The van der Waals surface area contributed by atoms with Gasteiger partial charge >= 0.3 is 5.91 Å². The highest BCUT2D eigenvalue weighted by Gasteiger charge is 2.11. The van der Waals surface area contributed by atoms with Gasteiger partial charge in [-0.2, -0.15) is 0 Å². The Balaban J connectivity index is 1.81. The molecular formula is C14H14BrN3O2S. The summed E-state index contributed by atoms with van der Waals surface area (Å²) in [4.78, 5) is 11.7. The van der Waals surface area contributed by atoms with Crippen LogP contribution in [-0.2, 0) is 0 Å². The number of nitrogens with one attached hydrogen (secondary N) is 3. The van der Waals surface area contributed by atoms with Crippen molar-refractivity contribution in [3.63, 3.8) is 0 Å². The highest BCUT2D eigenvalue weighted by Crippen LogP contribution is 2.13. The molecule has 1 atom stereocenters. The molecule has 0 fully saturated rings. The lowest BCUT2D eigenvalue weighted by molar-refractivity contribution is 0.0914. The van der Waals surface area contributed by atoms with Crippen molar-refractivity contribution >= 4 is 39.2 Å². The van der Waals surface area contributed by atoms with Gasteiger partial charge < -0.3 is 9.73 Å². The van der Waals surface area contributed by atoms with Crippen molar-refractivity contribution in [2.45, 2.75) is 13.0 Å². The van der Waals surface area contributed by atoms with E-state index in [0.717, 1.165) is 5.56 Å². The molecule has 3 N–H and O–H groups in total. The van der Waals surface area contributed by atoms with Crippen molar-refractivity contribution in [3.05, 3.63) is 58.5 Å². The minimum absolute atomic E-state index is 0.0286. The van der Waals surface area contributed by atoms with Crippen molar-refractivity contribution in [1.82, 2.24) is 16.2 Å². The second-order valence-electron chi connectivity index (χ2n) is 4.29. The second-order valence-corrected chi connectivity index (χ2v) is 5.48. The molecule has 1 aromatic carbocycles. The zero-order chi connectivity index (χ0) is 15.2. The van der Waals surface area contributed by atoms with E-state index in [-0.39, 0.29) is 11.8 Å². The van der Waals surface area contributed by atoms with Crippen LogP contribution >= 0.6 is 28.1 Å². The third-order valence-corrected chi connectivity index (χ3v) is 3.38. The van der Waals surface area contributed by atoms with Crippen LogP contribution < -0.4 is 16.2 Å². The molecule has 0 radical (unpaired) electrons. The summed E-state index contributed by atoms with van der Waals surface area (Å²) in [5.74, 6) is -0.217. The monoisotopic (exact) mass is 367 g/mol. The van der Waals surface area contributed by atoms with Crippen molar-refractivity contribution in [1.29, 1.82) is 0 Å². The standard InChI is InChI=1S/C14H14BrN3O2S/c1-9(10-5-3-2-4-6-10)16-14(21)18-17-13(19)11-7-8-12(15)20-11/h2-9H,1H3,(H,17,19)(H2,16,18,21)/t9-/m0/s1. The summed E-state index contributed by atoms with van der Waals surface area (Å²) in [6, 6.07) is 13.1. The maximum atomic E-state index is 11.7. The van der Waals surface area contributed by atoms with Crippen LogP contribution in [0, 0.1) is 0 Å². The maximum Gasteiger partial charge on any atom is 0.305 e. The van der Waals surface area contributed by atoms with E-state index in [4.69, 9.17) is 16.6 Å². The lowest BCUT2D eigenvalue weighted by Gasteiger charge is -2.17. The van der Waals surface area contributed by atoms with Crippen LogP contribution in [0.2, 0.25) is 0 Å². The summed E-state index contributed by atoms with van der Waals surface area (Å²) in [5, 5.41) is 3.40. The first-order valence-corrected chi connectivity index (χ1v) is 7.43. The molecule has 0 aliphatic rings. The van der Waals surface area contributed by atoms with E-state index in [0.29, 0.717) is 9.78 Å². The molecule has 110 valence electrons. The third-order valence-electron chi connectivity index (χ3n) is 2.73. The Hall–Kier alpha value is -1.86. The molecule has 0 spiro atoms. The highest BCUT2D eigenvalue weighted by molar-refractivity contribution is 9.10. The third kappa shape index (κ3) is 4.57. The van der Waals surface area contributed by atoms with E-state index in [9.17, 15) is 4.79 Å². The fourth-order valence-corrected chi connectivity index (χ4v) is 2.20. The Labute approximate surface area is 136 Å². The minimum Gasteiger partial charge on any atom is -0.444 e. The van der Waals surface area contributed by atoms with E-state index in [1.165, 1.54) is 0 Å². The molecule has 0 saturated heterocycles. The summed E-state index contributed by atoms with van der Waals surface area (Å²) in [6.45, 7) is 1.98. The van der Waals surface area contributed by atoms with Crippen LogP contribution in [0.25, 0.3) is 0 Å². The summed E-state index contributed by atoms with van der Waals surface area (Å²) >= 11 is 8.26. The molecule has 0 bridgehead atoms. The van der Waals surface area contributed by atoms with E-state index >= 15 is 0 Å². The van der Waals surface area contributed by atoms with Gasteiger partial charge in [-0.25, -0.2) is 0 Å². The molecular weight excluding hydrogens is 354 g/mol. The molecule has 1 aromatic heterocycles. The number of thiocarbonyl (C=S) groups is 1. The van der Waals surface area contributed by atoms with Crippen LogP contribution in [0.5, 0.6) is 0 Å². The molecule has 1 amide bonds. The predicted octanol–water partition coefficient (Wildman–Crippen LogP) is 2.91. The lowest BCUT2D eigenvalue weighted by Crippen LogP contribution is -2.47. The Morgan fingerprint density at radius 2 is 1.90 bits per heavy atom. The van der Waals surface area contributed by atoms with Crippen LogP contribution in [-0.4, -0.2) is 11.0 Å². The summed E-state index contributed by atoms with van der Waals surface area (Å²) in [7, 11) is 0. The molecule has 2 rings (SSSR count). The van der Waals surface area contributed by atoms with Crippen molar-refractivity contribution in [3.8, 4) is 0 Å². The first-order chi connectivity index (χ1) is 10.1. The van der Waals surface area contributed by atoms with E-state index in [2.05, 4.69) is 32.1 Å². The number of carbonyl (C=O) groups excluding carboxylic acids is 1. The first kappa shape index (κ1) is 15.5. The average Bonchev–Trinajstić information content (AvgIpc) is 2.92. The van der Waals surface area contributed by atoms with Crippen molar-refractivity contribution in [2.75, 3.05) is 0 Å². The van der Waals surface area contributed by atoms with Gasteiger partial charge in [0.15, 0.2) is 15.5 Å². The summed E-state index contributed by atoms with van der Waals surface area (Å²) < 4.78 is 5.62. The van der Waals surface area contributed by atoms with Gasteiger partial charge in [-0.3, -0.25) is 15.6 Å². The zero-order valence-electron chi connectivity index (χ0n) is 11.2. The molecule has 21 heavy (non-hydrogen) atoms. The van der Waals surface area contributed by atoms with Gasteiger partial charge in [0.2, 0.25) is 0 Å². The van der Waals surface area contributed by atoms with Gasteiger partial charge in [-0.05, 0) is 52.8 Å². The molecule has 0 aliphatic heterocycles. The second kappa shape index (κ2) is 7.24. The average molecular weight is 368 g/mol. The molecule has 0 aliphatic carbocycles. The Bertz CT molecular complexity index is 630. The van der Waals surface area contributed by atoms with Crippen molar-refractivity contribution in [2.24, 2.45) is 0 Å². The van der Waals surface area contributed by atoms with Gasteiger partial charge in [0.05, 0.1) is 6.04 Å². The van der Waals surface area contributed by atoms with Crippen LogP contribution in [0.1, 0.15) is 29.1 Å². The van der Waals surface area contributed by atoms with Crippen LogP contribution in [0.4, 0.5) is 0 Å². The van der Waals surface area contributed by atoms with Gasteiger partial charge in [0, 0.05) is 0 Å². The Morgan fingerprint density at radius 3 is 2.52 bits per heavy atom. The largest absolute Gasteiger partial charge is 0.444 e. The fourth-order valence-electron chi connectivity index (χ4n) is 1.67. The Kier molecular flexibility index (Phi) is 5.35. The number of hydrogen-bond acceptors (Lipinski definition) is 3. The van der Waals surface area contributed by atoms with E-state index in [1.54, 1.807) is 12.1 Å². The predicted molar refractivity (Wildman–Crippen MR) is 87.6 cm³/mol. The normalized spacial score (nSPS) is 11.5. The van der Waals surface area contributed by atoms with Crippen LogP contribution in [0.3, 0.4) is 0 Å². The van der Waals surface area contributed by atoms with E-state index < -0.39 is 5.91 Å². The number of rotatable bonds is 3. The highest BCUT2D eigenvalue weighted by atomic mass is 79.9. The van der Waals surface area contributed by atoms with Gasteiger partial charge in [-0.15, -0.1) is 0 Å². The number of benzene rings is 1.